The quantitative estimate of drug-likeness (QED) is 0.775. The van der Waals surface area contributed by atoms with Gasteiger partial charge in [-0.2, -0.15) is 0 Å². The first kappa shape index (κ1) is 12.5. The minimum absolute atomic E-state index is 0.153. The summed E-state index contributed by atoms with van der Waals surface area (Å²) in [6.07, 6.45) is 1.39. The van der Waals surface area contributed by atoms with Gasteiger partial charge in [0.1, 0.15) is 5.75 Å². The summed E-state index contributed by atoms with van der Waals surface area (Å²) in [5, 5.41) is 18.1. The number of phenolic OH excluding ortho intramolecular Hbond substituents is 1. The molecule has 0 atom stereocenters. The second-order valence-electron chi connectivity index (χ2n) is 3.64. The van der Waals surface area contributed by atoms with Crippen molar-refractivity contribution in [3.63, 3.8) is 0 Å². The zero-order valence-corrected chi connectivity index (χ0v) is 9.27. The molecule has 0 unspecified atom stereocenters. The fourth-order valence-corrected chi connectivity index (χ4v) is 1.49. The number of aromatic hydroxyl groups is 1. The van der Waals surface area contributed by atoms with Crippen molar-refractivity contribution in [2.75, 3.05) is 7.11 Å². The Morgan fingerprint density at radius 3 is 2.75 bits per heavy atom. The van der Waals surface area contributed by atoms with Gasteiger partial charge in [0.05, 0.1) is 6.61 Å². The van der Waals surface area contributed by atoms with Crippen molar-refractivity contribution in [2.24, 2.45) is 0 Å². The lowest BCUT2D eigenvalue weighted by molar-refractivity contribution is -0.137. The minimum atomic E-state index is -0.791. The first-order valence-corrected chi connectivity index (χ1v) is 5.15. The molecule has 0 radical (unpaired) electrons. The molecule has 0 heterocycles. The molecule has 1 aromatic carbocycles. The van der Waals surface area contributed by atoms with Gasteiger partial charge in [0.25, 0.3) is 0 Å². The maximum atomic E-state index is 10.3. The van der Waals surface area contributed by atoms with Gasteiger partial charge in [-0.05, 0) is 24.5 Å². The lowest BCUT2D eigenvalue weighted by atomic mass is 10.1. The van der Waals surface area contributed by atoms with Gasteiger partial charge in [0, 0.05) is 19.1 Å². The average Bonchev–Trinajstić information content (AvgIpc) is 2.21. The molecule has 4 heteroatoms. The molecule has 0 amide bonds. The van der Waals surface area contributed by atoms with E-state index >= 15 is 0 Å². The maximum absolute atomic E-state index is 10.3. The molecule has 0 saturated carbocycles. The van der Waals surface area contributed by atoms with Gasteiger partial charge in [-0.3, -0.25) is 4.79 Å². The van der Waals surface area contributed by atoms with Crippen LogP contribution in [0.15, 0.2) is 18.2 Å². The third-order valence-corrected chi connectivity index (χ3v) is 2.31. The van der Waals surface area contributed by atoms with Gasteiger partial charge in [0.2, 0.25) is 0 Å². The zero-order valence-electron chi connectivity index (χ0n) is 9.27. The Hall–Kier alpha value is -1.55. The van der Waals surface area contributed by atoms with Crippen LogP contribution in [0.1, 0.15) is 24.0 Å². The molecule has 0 saturated heterocycles. The van der Waals surface area contributed by atoms with E-state index < -0.39 is 5.97 Å². The van der Waals surface area contributed by atoms with E-state index in [9.17, 15) is 9.90 Å². The van der Waals surface area contributed by atoms with Crippen LogP contribution in [0.4, 0.5) is 0 Å². The van der Waals surface area contributed by atoms with Gasteiger partial charge in [-0.1, -0.05) is 12.1 Å². The highest BCUT2D eigenvalue weighted by atomic mass is 16.5. The number of phenols is 1. The Kier molecular flexibility index (Phi) is 4.79. The molecule has 0 spiro atoms. The third-order valence-electron chi connectivity index (χ3n) is 2.31. The minimum Gasteiger partial charge on any atom is -0.508 e. The number of methoxy groups -OCH3 is 1. The van der Waals surface area contributed by atoms with E-state index in [1.807, 2.05) is 6.07 Å². The molecule has 88 valence electrons. The smallest absolute Gasteiger partial charge is 0.303 e. The second-order valence-corrected chi connectivity index (χ2v) is 3.64. The number of carbonyl (C=O) groups is 1. The van der Waals surface area contributed by atoms with E-state index in [1.54, 1.807) is 19.2 Å². The lowest BCUT2D eigenvalue weighted by Crippen LogP contribution is -1.96. The largest absolute Gasteiger partial charge is 0.508 e. The second kappa shape index (κ2) is 6.12. The Balaban J connectivity index is 2.55. The van der Waals surface area contributed by atoms with E-state index in [-0.39, 0.29) is 12.2 Å². The summed E-state index contributed by atoms with van der Waals surface area (Å²) in [7, 11) is 1.57. The molecule has 1 rings (SSSR count). The third kappa shape index (κ3) is 3.90. The average molecular weight is 224 g/mol. The number of aliphatic carboxylic acids is 1. The molecule has 0 fully saturated rings. The van der Waals surface area contributed by atoms with Crippen molar-refractivity contribution in [3.05, 3.63) is 29.3 Å². The van der Waals surface area contributed by atoms with Crippen LogP contribution in [0.5, 0.6) is 5.75 Å². The summed E-state index contributed by atoms with van der Waals surface area (Å²) >= 11 is 0. The molecule has 1 aromatic rings. The highest BCUT2D eigenvalue weighted by Crippen LogP contribution is 2.20. The summed E-state index contributed by atoms with van der Waals surface area (Å²) in [5.74, 6) is -0.588. The van der Waals surface area contributed by atoms with Crippen LogP contribution in [0.3, 0.4) is 0 Å². The van der Waals surface area contributed by atoms with Crippen LogP contribution in [-0.2, 0) is 22.6 Å². The van der Waals surface area contributed by atoms with E-state index in [4.69, 9.17) is 9.84 Å². The topological polar surface area (TPSA) is 66.8 Å². The summed E-state index contributed by atoms with van der Waals surface area (Å²) in [5.41, 5.74) is 1.68. The van der Waals surface area contributed by atoms with Gasteiger partial charge in [0.15, 0.2) is 0 Å². The molecule has 0 bridgehead atoms. The number of aryl methyl sites for hydroxylation is 1. The summed E-state index contributed by atoms with van der Waals surface area (Å²) in [6.45, 7) is 0.376. The van der Waals surface area contributed by atoms with Gasteiger partial charge < -0.3 is 14.9 Å². The summed E-state index contributed by atoms with van der Waals surface area (Å²) in [4.78, 5) is 10.3. The highest BCUT2D eigenvalue weighted by Gasteiger charge is 2.03. The van der Waals surface area contributed by atoms with E-state index in [2.05, 4.69) is 0 Å². The van der Waals surface area contributed by atoms with Crippen LogP contribution in [0.25, 0.3) is 0 Å². The van der Waals surface area contributed by atoms with Gasteiger partial charge >= 0.3 is 5.97 Å². The summed E-state index contributed by atoms with van der Waals surface area (Å²) < 4.78 is 4.92. The fraction of sp³-hybridized carbons (Fsp3) is 0.417. The number of carboxylic acid groups (broad SMARTS) is 1. The van der Waals surface area contributed by atoms with Crippen LogP contribution in [0.2, 0.25) is 0 Å². The number of ether oxygens (including phenoxy) is 1. The lowest BCUT2D eigenvalue weighted by Gasteiger charge is -2.06. The SMILES string of the molecule is COCc1ccc(CCCC(=O)O)cc1O. The molecular formula is C12H16O4. The van der Waals surface area contributed by atoms with E-state index in [0.717, 1.165) is 11.1 Å². The number of rotatable bonds is 6. The van der Waals surface area contributed by atoms with Crippen molar-refractivity contribution in [1.82, 2.24) is 0 Å². The van der Waals surface area contributed by atoms with Crippen molar-refractivity contribution < 1.29 is 19.7 Å². The van der Waals surface area contributed by atoms with Crippen LogP contribution >= 0.6 is 0 Å². The van der Waals surface area contributed by atoms with E-state index in [0.29, 0.717) is 19.4 Å². The normalized spacial score (nSPS) is 10.3. The van der Waals surface area contributed by atoms with Crippen molar-refractivity contribution in [3.8, 4) is 5.75 Å². The van der Waals surface area contributed by atoms with Crippen molar-refractivity contribution in [2.45, 2.75) is 25.9 Å². The molecule has 2 N–H and O–H groups in total. The van der Waals surface area contributed by atoms with Crippen LogP contribution in [-0.4, -0.2) is 23.3 Å². The Labute approximate surface area is 94.5 Å². The zero-order chi connectivity index (χ0) is 12.0. The van der Waals surface area contributed by atoms with Gasteiger partial charge in [-0.25, -0.2) is 0 Å². The first-order valence-electron chi connectivity index (χ1n) is 5.15. The number of hydrogen-bond acceptors (Lipinski definition) is 3. The maximum Gasteiger partial charge on any atom is 0.303 e. The number of carboxylic acids is 1. The molecule has 0 aromatic heterocycles. The molecule has 0 aliphatic carbocycles. The molecule has 0 aliphatic rings. The van der Waals surface area contributed by atoms with Gasteiger partial charge in [-0.15, -0.1) is 0 Å². The van der Waals surface area contributed by atoms with Crippen LogP contribution < -0.4 is 0 Å². The number of benzene rings is 1. The van der Waals surface area contributed by atoms with Crippen molar-refractivity contribution >= 4 is 5.97 Å². The van der Waals surface area contributed by atoms with Crippen LogP contribution in [0, 0.1) is 0 Å². The predicted octanol–water partition coefficient (Wildman–Crippen LogP) is 1.95. The highest BCUT2D eigenvalue weighted by molar-refractivity contribution is 5.66. The first-order chi connectivity index (χ1) is 7.63. The Morgan fingerprint density at radius 2 is 2.19 bits per heavy atom. The molecular weight excluding hydrogens is 208 g/mol. The fourth-order valence-electron chi connectivity index (χ4n) is 1.49. The molecule has 0 aliphatic heterocycles. The van der Waals surface area contributed by atoms with E-state index in [1.165, 1.54) is 0 Å². The summed E-state index contributed by atoms with van der Waals surface area (Å²) in [6, 6.07) is 5.35. The Morgan fingerprint density at radius 1 is 1.44 bits per heavy atom. The molecule has 16 heavy (non-hydrogen) atoms. The monoisotopic (exact) mass is 224 g/mol. The Bertz CT molecular complexity index is 360. The standard InChI is InChI=1S/C12H16O4/c1-16-8-10-6-5-9(7-11(10)13)3-2-4-12(14)15/h5-7,13H,2-4,8H2,1H3,(H,14,15). The predicted molar refractivity (Wildman–Crippen MR) is 59.4 cm³/mol. The molecule has 4 nitrogen and oxygen atoms in total. The van der Waals surface area contributed by atoms with Crippen molar-refractivity contribution in [1.29, 1.82) is 0 Å². The number of hydrogen-bond donors (Lipinski definition) is 2.